The van der Waals surface area contributed by atoms with Crippen LogP contribution in [-0.4, -0.2) is 35.2 Å². The van der Waals surface area contributed by atoms with Crippen LogP contribution in [0.3, 0.4) is 0 Å². The Morgan fingerprint density at radius 2 is 1.84 bits per heavy atom. The number of hydrogen-bond acceptors (Lipinski definition) is 7. The van der Waals surface area contributed by atoms with Crippen LogP contribution in [0.15, 0.2) is 68.7 Å². The molecule has 1 aromatic heterocycles. The fourth-order valence-electron chi connectivity index (χ4n) is 3.11. The Bertz CT molecular complexity index is 1280. The molecule has 156 valence electrons. The molecule has 31 heavy (non-hydrogen) atoms. The molecule has 1 saturated heterocycles. The first-order valence-corrected chi connectivity index (χ1v) is 10.3. The molecule has 0 aliphatic carbocycles. The second kappa shape index (κ2) is 8.61. The van der Waals surface area contributed by atoms with Crippen molar-refractivity contribution in [1.29, 1.82) is 0 Å². The zero-order chi connectivity index (χ0) is 22.0. The van der Waals surface area contributed by atoms with Crippen LogP contribution in [0.2, 0.25) is 0 Å². The first-order valence-electron chi connectivity index (χ1n) is 9.50. The van der Waals surface area contributed by atoms with Gasteiger partial charge in [0.1, 0.15) is 17.9 Å². The van der Waals surface area contributed by atoms with Crippen LogP contribution >= 0.6 is 11.8 Å². The smallest absolute Gasteiger partial charge is 0.326 e. The number of esters is 1. The number of thioether (sulfide) groups is 1. The molecule has 0 atom stereocenters. The van der Waals surface area contributed by atoms with Crippen LogP contribution in [0.5, 0.6) is 0 Å². The Kier molecular flexibility index (Phi) is 5.73. The van der Waals surface area contributed by atoms with Gasteiger partial charge in [0.2, 0.25) is 0 Å². The summed E-state index contributed by atoms with van der Waals surface area (Å²) in [4.78, 5) is 49.5. The molecule has 2 heterocycles. The predicted molar refractivity (Wildman–Crippen MR) is 117 cm³/mol. The topological polar surface area (TPSA) is 93.9 Å². The lowest BCUT2D eigenvalue weighted by Gasteiger charge is -2.10. The number of carbonyl (C=O) groups excluding carboxylic acids is 3. The van der Waals surface area contributed by atoms with Gasteiger partial charge < -0.3 is 9.15 Å². The number of nitrogens with zero attached hydrogens (tertiary/aromatic N) is 1. The second-order valence-electron chi connectivity index (χ2n) is 6.67. The number of ether oxygens (including phenoxy) is 1. The summed E-state index contributed by atoms with van der Waals surface area (Å²) in [7, 11) is 0. The molecular formula is C23H17NO6S. The number of hydrogen-bond donors (Lipinski definition) is 0. The van der Waals surface area contributed by atoms with E-state index in [9.17, 15) is 19.2 Å². The van der Waals surface area contributed by atoms with Crippen LogP contribution in [0.25, 0.3) is 28.4 Å². The molecule has 7 nitrogen and oxygen atoms in total. The van der Waals surface area contributed by atoms with E-state index in [1.165, 1.54) is 6.07 Å². The van der Waals surface area contributed by atoms with E-state index in [0.29, 0.717) is 27.9 Å². The number of amides is 2. The average molecular weight is 435 g/mol. The van der Waals surface area contributed by atoms with Gasteiger partial charge in [-0.2, -0.15) is 0 Å². The van der Waals surface area contributed by atoms with Crippen LogP contribution in [0, 0.1) is 0 Å². The Balaban J connectivity index is 1.56. The molecule has 1 aliphatic rings. The van der Waals surface area contributed by atoms with Gasteiger partial charge in [-0.1, -0.05) is 36.4 Å². The summed E-state index contributed by atoms with van der Waals surface area (Å²) in [5.41, 5.74) is 1.77. The van der Waals surface area contributed by atoms with Gasteiger partial charge in [-0.05, 0) is 42.5 Å². The third-order valence-electron chi connectivity index (χ3n) is 4.59. The molecule has 2 aromatic carbocycles. The van der Waals surface area contributed by atoms with E-state index >= 15 is 0 Å². The van der Waals surface area contributed by atoms with E-state index in [0.717, 1.165) is 16.7 Å². The number of rotatable bonds is 5. The van der Waals surface area contributed by atoms with Crippen LogP contribution in [0.1, 0.15) is 12.5 Å². The van der Waals surface area contributed by atoms with Crippen molar-refractivity contribution in [3.8, 4) is 11.3 Å². The van der Waals surface area contributed by atoms with Crippen molar-refractivity contribution in [3.63, 3.8) is 0 Å². The van der Waals surface area contributed by atoms with Gasteiger partial charge in [0, 0.05) is 11.6 Å². The highest BCUT2D eigenvalue weighted by atomic mass is 32.2. The summed E-state index contributed by atoms with van der Waals surface area (Å²) in [5, 5.41) is 0.000255. The van der Waals surface area contributed by atoms with E-state index < -0.39 is 23.7 Å². The highest BCUT2D eigenvalue weighted by molar-refractivity contribution is 8.18. The molecule has 1 aliphatic heterocycles. The van der Waals surface area contributed by atoms with Crippen molar-refractivity contribution in [2.75, 3.05) is 13.2 Å². The van der Waals surface area contributed by atoms with E-state index in [-0.39, 0.29) is 16.9 Å². The highest BCUT2D eigenvalue weighted by Crippen LogP contribution is 2.32. The normalized spacial score (nSPS) is 15.1. The summed E-state index contributed by atoms with van der Waals surface area (Å²) in [6, 6.07) is 15.5. The molecule has 0 radical (unpaired) electrons. The Hall–Kier alpha value is -3.65. The quantitative estimate of drug-likeness (QED) is 0.441. The largest absolute Gasteiger partial charge is 0.465 e. The Morgan fingerprint density at radius 3 is 2.58 bits per heavy atom. The molecule has 0 spiro atoms. The second-order valence-corrected chi connectivity index (χ2v) is 7.66. The SMILES string of the molecule is CCOC(=O)CN1C(=O)S/C(=C\c2ccc(-c3cc(=O)c4ccccc4o3)cc2)C1=O. The van der Waals surface area contributed by atoms with Crippen LogP contribution in [0.4, 0.5) is 4.79 Å². The molecule has 2 amide bonds. The van der Waals surface area contributed by atoms with Gasteiger partial charge in [-0.25, -0.2) is 0 Å². The van der Waals surface area contributed by atoms with Crippen LogP contribution < -0.4 is 5.43 Å². The third-order valence-corrected chi connectivity index (χ3v) is 5.50. The standard InChI is InChI=1S/C23H17NO6S/c1-2-29-21(26)13-24-22(27)20(31-23(24)28)11-14-7-9-15(10-8-14)19-12-17(25)16-5-3-4-6-18(16)30-19/h3-12H,2,13H2,1H3/b20-11-. The number of benzene rings is 2. The predicted octanol–water partition coefficient (Wildman–Crippen LogP) is 4.06. The lowest BCUT2D eigenvalue weighted by atomic mass is 10.1. The van der Waals surface area contributed by atoms with Crippen molar-refractivity contribution < 1.29 is 23.5 Å². The van der Waals surface area contributed by atoms with Gasteiger partial charge in [0.25, 0.3) is 11.1 Å². The minimum atomic E-state index is -0.632. The molecule has 3 aromatic rings. The monoisotopic (exact) mass is 435 g/mol. The van der Waals surface area contributed by atoms with E-state index in [1.807, 2.05) is 0 Å². The van der Waals surface area contributed by atoms with E-state index in [2.05, 4.69) is 0 Å². The molecule has 0 bridgehead atoms. The minimum absolute atomic E-state index is 0.129. The van der Waals surface area contributed by atoms with E-state index in [1.54, 1.807) is 61.5 Å². The number of para-hydroxylation sites is 1. The van der Waals surface area contributed by atoms with Crippen molar-refractivity contribution >= 4 is 45.9 Å². The fraction of sp³-hybridized carbons (Fsp3) is 0.130. The van der Waals surface area contributed by atoms with Crippen LogP contribution in [-0.2, 0) is 14.3 Å². The maximum atomic E-state index is 12.5. The van der Waals surface area contributed by atoms with Gasteiger partial charge in [0.15, 0.2) is 5.43 Å². The van der Waals surface area contributed by atoms with Crippen molar-refractivity contribution in [1.82, 2.24) is 4.90 Å². The first kappa shape index (κ1) is 20.6. The van der Waals surface area contributed by atoms with Crippen molar-refractivity contribution in [3.05, 3.63) is 75.3 Å². The fourth-order valence-corrected chi connectivity index (χ4v) is 3.95. The average Bonchev–Trinajstić information content (AvgIpc) is 3.02. The summed E-state index contributed by atoms with van der Waals surface area (Å²) < 4.78 is 10.6. The molecule has 1 fully saturated rings. The zero-order valence-corrected chi connectivity index (χ0v) is 17.3. The maximum Gasteiger partial charge on any atom is 0.326 e. The summed E-state index contributed by atoms with van der Waals surface area (Å²) in [6.45, 7) is 1.42. The summed E-state index contributed by atoms with van der Waals surface area (Å²) in [6.07, 6.45) is 1.58. The first-order chi connectivity index (χ1) is 15.0. The van der Waals surface area contributed by atoms with E-state index in [4.69, 9.17) is 9.15 Å². The molecule has 4 rings (SSSR count). The highest BCUT2D eigenvalue weighted by Gasteiger charge is 2.36. The molecule has 0 unspecified atom stereocenters. The third kappa shape index (κ3) is 4.29. The number of imide groups is 1. The zero-order valence-electron chi connectivity index (χ0n) is 16.5. The van der Waals surface area contributed by atoms with Crippen molar-refractivity contribution in [2.24, 2.45) is 0 Å². The molecule has 0 saturated carbocycles. The molecule has 0 N–H and O–H groups in total. The van der Waals surface area contributed by atoms with Gasteiger partial charge in [-0.15, -0.1) is 0 Å². The summed E-state index contributed by atoms with van der Waals surface area (Å²) >= 11 is 0.772. The van der Waals surface area contributed by atoms with Gasteiger partial charge in [-0.3, -0.25) is 24.1 Å². The lowest BCUT2D eigenvalue weighted by Crippen LogP contribution is -2.34. The summed E-state index contributed by atoms with van der Waals surface area (Å²) in [5.74, 6) is -0.732. The van der Waals surface area contributed by atoms with Crippen molar-refractivity contribution in [2.45, 2.75) is 6.92 Å². The lowest BCUT2D eigenvalue weighted by molar-refractivity contribution is -0.145. The Labute approximate surface area is 181 Å². The van der Waals surface area contributed by atoms with Gasteiger partial charge >= 0.3 is 5.97 Å². The minimum Gasteiger partial charge on any atom is -0.465 e. The number of fused-ring (bicyclic) bond motifs is 1. The van der Waals surface area contributed by atoms with Gasteiger partial charge in [0.05, 0.1) is 16.9 Å². The molecular weight excluding hydrogens is 418 g/mol. The Morgan fingerprint density at radius 1 is 1.10 bits per heavy atom. The maximum absolute atomic E-state index is 12.5. The number of carbonyl (C=O) groups is 3. The molecule has 8 heteroatoms.